The summed E-state index contributed by atoms with van der Waals surface area (Å²) in [5.41, 5.74) is 2.24. The van der Waals surface area contributed by atoms with E-state index < -0.39 is 0 Å². The van der Waals surface area contributed by atoms with Crippen LogP contribution in [-0.2, 0) is 4.74 Å². The molecular formula is C23H20N4O4. The number of carbonyl (C=O) groups is 2. The summed E-state index contributed by atoms with van der Waals surface area (Å²) in [7, 11) is 0. The van der Waals surface area contributed by atoms with Crippen LogP contribution in [0, 0.1) is 0 Å². The predicted molar refractivity (Wildman–Crippen MR) is 114 cm³/mol. The first-order chi connectivity index (χ1) is 15.2. The lowest BCUT2D eigenvalue weighted by Crippen LogP contribution is -2.40. The second kappa shape index (κ2) is 8.08. The van der Waals surface area contributed by atoms with Gasteiger partial charge in [-0.3, -0.25) is 9.59 Å². The largest absolute Gasteiger partial charge is 0.449 e. The minimum atomic E-state index is -0.324. The van der Waals surface area contributed by atoms with Gasteiger partial charge in [0.1, 0.15) is 11.3 Å². The molecule has 1 fully saturated rings. The van der Waals surface area contributed by atoms with Crippen molar-refractivity contribution < 1.29 is 18.7 Å². The van der Waals surface area contributed by atoms with Gasteiger partial charge >= 0.3 is 0 Å². The molecule has 8 heteroatoms. The number of nitrogens with one attached hydrogen (secondary N) is 1. The molecule has 4 aromatic rings. The highest BCUT2D eigenvalue weighted by atomic mass is 16.5. The molecule has 0 atom stereocenters. The Balaban J connectivity index is 1.45. The Hall–Kier alpha value is -3.91. The van der Waals surface area contributed by atoms with Crippen LogP contribution in [0.15, 0.2) is 71.4 Å². The number of anilines is 1. The van der Waals surface area contributed by atoms with Crippen molar-refractivity contribution in [3.63, 3.8) is 0 Å². The highest BCUT2D eigenvalue weighted by Crippen LogP contribution is 2.32. The van der Waals surface area contributed by atoms with E-state index in [4.69, 9.17) is 9.15 Å². The van der Waals surface area contributed by atoms with Crippen molar-refractivity contribution in [1.82, 2.24) is 14.7 Å². The number of fused-ring (bicyclic) bond motifs is 1. The molecule has 0 spiro atoms. The fraction of sp³-hybridized carbons (Fsp3) is 0.174. The minimum Gasteiger partial charge on any atom is -0.449 e. The van der Waals surface area contributed by atoms with E-state index in [-0.39, 0.29) is 17.6 Å². The summed E-state index contributed by atoms with van der Waals surface area (Å²) in [6.07, 6.45) is 3.52. The summed E-state index contributed by atoms with van der Waals surface area (Å²) < 4.78 is 12.9. The molecule has 2 aromatic carbocycles. The monoisotopic (exact) mass is 416 g/mol. The molecule has 0 saturated carbocycles. The maximum absolute atomic E-state index is 13.1. The number of carbonyl (C=O) groups excluding carboxylic acids is 2. The Kier molecular flexibility index (Phi) is 4.97. The van der Waals surface area contributed by atoms with Gasteiger partial charge in [0.2, 0.25) is 5.76 Å². The van der Waals surface area contributed by atoms with Gasteiger partial charge in [-0.2, -0.15) is 5.10 Å². The molecule has 1 saturated heterocycles. The molecule has 0 aliphatic carbocycles. The molecule has 3 heterocycles. The van der Waals surface area contributed by atoms with Crippen molar-refractivity contribution in [3.8, 4) is 5.69 Å². The van der Waals surface area contributed by atoms with E-state index in [1.54, 1.807) is 34.0 Å². The van der Waals surface area contributed by atoms with Crippen molar-refractivity contribution in [3.05, 3.63) is 78.3 Å². The summed E-state index contributed by atoms with van der Waals surface area (Å²) in [5, 5.41) is 7.76. The lowest BCUT2D eigenvalue weighted by molar-refractivity contribution is 0.0285. The standard InChI is InChI=1S/C23H20N4O4/c28-22(16-6-8-17(9-7-16)27-11-3-10-24-27)25-20-18-4-1-2-5-19(18)31-21(20)23(29)26-12-14-30-15-13-26/h1-11H,12-15H2,(H,25,28). The zero-order valence-electron chi connectivity index (χ0n) is 16.7. The van der Waals surface area contributed by atoms with Crippen LogP contribution in [0.1, 0.15) is 20.9 Å². The number of aromatic nitrogens is 2. The number of furan rings is 1. The van der Waals surface area contributed by atoms with Crippen LogP contribution in [0.4, 0.5) is 5.69 Å². The van der Waals surface area contributed by atoms with E-state index in [9.17, 15) is 9.59 Å². The lowest BCUT2D eigenvalue weighted by Gasteiger charge is -2.26. The Labute approximate surface area is 178 Å². The molecule has 0 radical (unpaired) electrons. The van der Waals surface area contributed by atoms with Crippen molar-refractivity contribution in [2.75, 3.05) is 31.6 Å². The number of para-hydroxylation sites is 1. The molecule has 31 heavy (non-hydrogen) atoms. The van der Waals surface area contributed by atoms with Gasteiger partial charge in [0.25, 0.3) is 11.8 Å². The van der Waals surface area contributed by atoms with E-state index in [0.717, 1.165) is 5.69 Å². The Morgan fingerprint density at radius 3 is 2.48 bits per heavy atom. The fourth-order valence-corrected chi connectivity index (χ4v) is 3.60. The lowest BCUT2D eigenvalue weighted by atomic mass is 10.1. The number of hydrogen-bond acceptors (Lipinski definition) is 5. The Morgan fingerprint density at radius 2 is 1.74 bits per heavy atom. The normalized spacial score (nSPS) is 14.0. The maximum Gasteiger partial charge on any atom is 0.291 e. The first-order valence-electron chi connectivity index (χ1n) is 10.0. The van der Waals surface area contributed by atoms with Crippen LogP contribution in [0.3, 0.4) is 0 Å². The van der Waals surface area contributed by atoms with E-state index in [1.807, 2.05) is 42.6 Å². The third kappa shape index (κ3) is 3.69. The number of ether oxygens (including phenoxy) is 1. The molecule has 0 unspecified atom stereocenters. The van der Waals surface area contributed by atoms with Crippen LogP contribution >= 0.6 is 0 Å². The van der Waals surface area contributed by atoms with Gasteiger partial charge < -0.3 is 19.4 Å². The van der Waals surface area contributed by atoms with Crippen molar-refractivity contribution in [2.24, 2.45) is 0 Å². The Morgan fingerprint density at radius 1 is 0.968 bits per heavy atom. The van der Waals surface area contributed by atoms with Gasteiger partial charge in [0.05, 0.1) is 18.9 Å². The second-order valence-corrected chi connectivity index (χ2v) is 7.16. The molecule has 156 valence electrons. The van der Waals surface area contributed by atoms with Gasteiger partial charge in [-0.25, -0.2) is 4.68 Å². The average Bonchev–Trinajstić information content (AvgIpc) is 3.48. The molecule has 2 amide bonds. The van der Waals surface area contributed by atoms with Gasteiger partial charge in [-0.1, -0.05) is 12.1 Å². The average molecular weight is 416 g/mol. The third-order valence-electron chi connectivity index (χ3n) is 5.22. The molecular weight excluding hydrogens is 396 g/mol. The smallest absolute Gasteiger partial charge is 0.291 e. The third-order valence-corrected chi connectivity index (χ3v) is 5.22. The number of benzene rings is 2. The topological polar surface area (TPSA) is 89.6 Å². The SMILES string of the molecule is O=C(Nc1c(C(=O)N2CCOCC2)oc2ccccc12)c1ccc(-n2cccn2)cc1. The van der Waals surface area contributed by atoms with Crippen LogP contribution in [0.25, 0.3) is 16.7 Å². The van der Waals surface area contributed by atoms with Crippen LogP contribution in [0.2, 0.25) is 0 Å². The van der Waals surface area contributed by atoms with E-state index in [0.29, 0.717) is 48.5 Å². The zero-order chi connectivity index (χ0) is 21.2. The fourth-order valence-electron chi connectivity index (χ4n) is 3.60. The summed E-state index contributed by atoms with van der Waals surface area (Å²) in [6, 6.07) is 16.2. The Bertz CT molecular complexity index is 1220. The summed E-state index contributed by atoms with van der Waals surface area (Å²) in [5.74, 6) is -0.456. The number of nitrogens with zero attached hydrogens (tertiary/aromatic N) is 3. The molecule has 1 N–H and O–H groups in total. The van der Waals surface area contributed by atoms with Gasteiger partial charge in [0, 0.05) is 36.4 Å². The molecule has 1 aliphatic rings. The van der Waals surface area contributed by atoms with Crippen molar-refractivity contribution in [1.29, 1.82) is 0 Å². The first kappa shape index (κ1) is 19.1. The van der Waals surface area contributed by atoms with Gasteiger partial charge in [-0.05, 0) is 42.5 Å². The number of rotatable bonds is 4. The van der Waals surface area contributed by atoms with Gasteiger partial charge in [0.15, 0.2) is 0 Å². The molecule has 8 nitrogen and oxygen atoms in total. The first-order valence-corrected chi connectivity index (χ1v) is 10.0. The molecule has 5 rings (SSSR count). The second-order valence-electron chi connectivity index (χ2n) is 7.16. The summed E-state index contributed by atoms with van der Waals surface area (Å²) in [4.78, 5) is 27.8. The highest BCUT2D eigenvalue weighted by Gasteiger charge is 2.27. The number of hydrogen-bond donors (Lipinski definition) is 1. The van der Waals surface area contributed by atoms with E-state index in [2.05, 4.69) is 10.4 Å². The zero-order valence-corrected chi connectivity index (χ0v) is 16.7. The van der Waals surface area contributed by atoms with E-state index >= 15 is 0 Å². The van der Waals surface area contributed by atoms with Crippen LogP contribution in [0.5, 0.6) is 0 Å². The summed E-state index contributed by atoms with van der Waals surface area (Å²) in [6.45, 7) is 1.93. The van der Waals surface area contributed by atoms with Crippen LogP contribution in [-0.4, -0.2) is 52.8 Å². The van der Waals surface area contributed by atoms with E-state index in [1.165, 1.54) is 0 Å². The predicted octanol–water partition coefficient (Wildman–Crippen LogP) is 3.34. The minimum absolute atomic E-state index is 0.129. The number of amides is 2. The highest BCUT2D eigenvalue weighted by molar-refractivity contribution is 6.14. The molecule has 1 aliphatic heterocycles. The molecule has 2 aromatic heterocycles. The van der Waals surface area contributed by atoms with Crippen molar-refractivity contribution >= 4 is 28.5 Å². The maximum atomic E-state index is 13.1. The summed E-state index contributed by atoms with van der Waals surface area (Å²) >= 11 is 0. The quantitative estimate of drug-likeness (QED) is 0.551. The number of morpholine rings is 1. The molecule has 0 bridgehead atoms. The van der Waals surface area contributed by atoms with Crippen molar-refractivity contribution in [2.45, 2.75) is 0 Å². The van der Waals surface area contributed by atoms with Gasteiger partial charge in [-0.15, -0.1) is 0 Å². The van der Waals surface area contributed by atoms with Crippen LogP contribution < -0.4 is 5.32 Å².